The summed E-state index contributed by atoms with van der Waals surface area (Å²) in [4.78, 5) is 16.7. The van der Waals surface area contributed by atoms with Gasteiger partial charge in [-0.1, -0.05) is 66.7 Å². The minimum Gasteiger partial charge on any atom is -0.360 e. The van der Waals surface area contributed by atoms with Crippen molar-refractivity contribution in [1.82, 2.24) is 10.4 Å². The Morgan fingerprint density at radius 1 is 0.889 bits per heavy atom. The highest BCUT2D eigenvalue weighted by Gasteiger charge is 2.25. The molecule has 3 aromatic carbocycles. The molecule has 4 heteroatoms. The molecule has 0 bridgehead atoms. The lowest BCUT2D eigenvalue weighted by Gasteiger charge is -2.27. The number of aromatic nitrogens is 1. The summed E-state index contributed by atoms with van der Waals surface area (Å²) in [6, 6.07) is 27.1. The number of rotatable bonds is 6. The summed E-state index contributed by atoms with van der Waals surface area (Å²) in [5.41, 5.74) is 6.94. The number of hydrogen-bond donors (Lipinski definition) is 2. The third kappa shape index (κ3) is 3.48. The molecule has 0 saturated carbocycles. The number of carbonyl (C=O) groups is 1. The van der Waals surface area contributed by atoms with E-state index in [0.717, 1.165) is 22.2 Å². The first-order valence-corrected chi connectivity index (χ1v) is 8.94. The molecule has 4 aromatic rings. The van der Waals surface area contributed by atoms with Crippen molar-refractivity contribution in [3.05, 3.63) is 102 Å². The van der Waals surface area contributed by atoms with Crippen LogP contribution < -0.4 is 10.4 Å². The van der Waals surface area contributed by atoms with Gasteiger partial charge in [0.1, 0.15) is 6.04 Å². The topological polar surface area (TPSA) is 48.1 Å². The Balaban J connectivity index is 1.71. The summed E-state index contributed by atoms with van der Waals surface area (Å²) >= 11 is 0. The number of benzene rings is 3. The molecular formula is C23H21N3O. The maximum Gasteiger partial charge on any atom is 0.188 e. The Labute approximate surface area is 158 Å². The number of carbonyl (C=O) groups excluding carboxylic acids is 1. The molecule has 1 aromatic heterocycles. The lowest BCUT2D eigenvalue weighted by molar-refractivity contribution is 0.0943. The number of anilines is 1. The van der Waals surface area contributed by atoms with Gasteiger partial charge in [-0.3, -0.25) is 4.79 Å². The van der Waals surface area contributed by atoms with Crippen molar-refractivity contribution in [2.24, 2.45) is 0 Å². The van der Waals surface area contributed by atoms with Gasteiger partial charge in [0.25, 0.3) is 0 Å². The summed E-state index contributed by atoms with van der Waals surface area (Å²) < 4.78 is 0. The van der Waals surface area contributed by atoms with E-state index in [1.54, 1.807) is 6.20 Å². The summed E-state index contributed by atoms with van der Waals surface area (Å²) in [5.74, 6) is 0.0291. The number of Topliss-reactive ketones (excluding diaryl/α,β-unsaturated/α-hetero) is 1. The van der Waals surface area contributed by atoms with Crippen LogP contribution in [0.15, 0.2) is 91.1 Å². The Bertz CT molecular complexity index is 1040. The number of hydrogen-bond acceptors (Lipinski definition) is 3. The van der Waals surface area contributed by atoms with E-state index in [1.807, 2.05) is 97.0 Å². The molecule has 0 aliphatic rings. The van der Waals surface area contributed by atoms with Gasteiger partial charge in [-0.2, -0.15) is 0 Å². The smallest absolute Gasteiger partial charge is 0.188 e. The molecule has 0 fully saturated rings. The summed E-state index contributed by atoms with van der Waals surface area (Å²) in [5, 5.41) is 2.83. The van der Waals surface area contributed by atoms with Crippen LogP contribution in [0.1, 0.15) is 22.0 Å². The van der Waals surface area contributed by atoms with Gasteiger partial charge in [-0.05, 0) is 23.8 Å². The number of aromatic amines is 1. The average molecular weight is 355 g/mol. The first-order valence-electron chi connectivity index (χ1n) is 8.94. The minimum atomic E-state index is -0.490. The van der Waals surface area contributed by atoms with Crippen LogP contribution in [0, 0.1) is 0 Å². The second-order valence-corrected chi connectivity index (χ2v) is 6.48. The predicted octanol–water partition coefficient (Wildman–Crippen LogP) is 4.73. The lowest BCUT2D eigenvalue weighted by atomic mass is 9.97. The highest BCUT2D eigenvalue weighted by Crippen LogP contribution is 2.25. The normalized spacial score (nSPS) is 12.0. The van der Waals surface area contributed by atoms with Gasteiger partial charge in [0.2, 0.25) is 0 Å². The van der Waals surface area contributed by atoms with Crippen molar-refractivity contribution in [1.29, 1.82) is 0 Å². The molecule has 0 amide bonds. The Kier molecular flexibility index (Phi) is 4.73. The van der Waals surface area contributed by atoms with Gasteiger partial charge in [-0.15, -0.1) is 0 Å². The van der Waals surface area contributed by atoms with Crippen molar-refractivity contribution in [2.45, 2.75) is 6.04 Å². The van der Waals surface area contributed by atoms with Crippen LogP contribution in [0.25, 0.3) is 10.9 Å². The molecule has 4 nitrogen and oxygen atoms in total. The zero-order valence-electron chi connectivity index (χ0n) is 15.1. The third-order valence-corrected chi connectivity index (χ3v) is 4.72. The molecule has 0 spiro atoms. The van der Waals surface area contributed by atoms with Crippen molar-refractivity contribution >= 4 is 22.4 Å². The van der Waals surface area contributed by atoms with E-state index in [9.17, 15) is 4.79 Å². The van der Waals surface area contributed by atoms with Gasteiger partial charge in [0.15, 0.2) is 5.78 Å². The van der Waals surface area contributed by atoms with Crippen LogP contribution in [-0.2, 0) is 0 Å². The molecule has 27 heavy (non-hydrogen) atoms. The van der Waals surface area contributed by atoms with Crippen LogP contribution in [-0.4, -0.2) is 17.8 Å². The van der Waals surface area contributed by atoms with Gasteiger partial charge in [-0.25, -0.2) is 5.43 Å². The van der Waals surface area contributed by atoms with E-state index < -0.39 is 6.04 Å². The van der Waals surface area contributed by atoms with Crippen LogP contribution in [0.4, 0.5) is 5.69 Å². The number of para-hydroxylation sites is 2. The first-order chi connectivity index (χ1) is 13.2. The Morgan fingerprint density at radius 2 is 1.52 bits per heavy atom. The molecule has 2 N–H and O–H groups in total. The van der Waals surface area contributed by atoms with Gasteiger partial charge < -0.3 is 9.99 Å². The zero-order chi connectivity index (χ0) is 18.6. The second kappa shape index (κ2) is 7.48. The van der Waals surface area contributed by atoms with E-state index >= 15 is 0 Å². The molecule has 1 atom stereocenters. The zero-order valence-corrected chi connectivity index (χ0v) is 15.1. The molecular weight excluding hydrogens is 334 g/mol. The van der Waals surface area contributed by atoms with Crippen LogP contribution in [0.5, 0.6) is 0 Å². The summed E-state index contributed by atoms with van der Waals surface area (Å²) in [7, 11) is 1.92. The van der Waals surface area contributed by atoms with Crippen LogP contribution in [0.2, 0.25) is 0 Å². The first kappa shape index (κ1) is 17.1. The number of H-pyrrole nitrogens is 1. The standard InChI is InChI=1S/C23H21N3O/c1-26(18-12-6-3-7-13-18)25-22(17-10-4-2-5-11-17)23(27)20-16-24-21-15-9-8-14-19(20)21/h2-16,22,24-25H,1H3/t22-/m0/s1. The number of fused-ring (bicyclic) bond motifs is 1. The number of hydrazine groups is 1. The monoisotopic (exact) mass is 355 g/mol. The average Bonchev–Trinajstić information content (AvgIpc) is 3.17. The predicted molar refractivity (Wildman–Crippen MR) is 110 cm³/mol. The van der Waals surface area contributed by atoms with Crippen molar-refractivity contribution in [3.63, 3.8) is 0 Å². The molecule has 4 rings (SSSR count). The summed E-state index contributed by atoms with van der Waals surface area (Å²) in [6.45, 7) is 0. The van der Waals surface area contributed by atoms with Gasteiger partial charge in [0.05, 0.1) is 5.69 Å². The van der Waals surface area contributed by atoms with E-state index in [4.69, 9.17) is 0 Å². The fourth-order valence-corrected chi connectivity index (χ4v) is 3.28. The molecule has 0 aliphatic carbocycles. The molecule has 0 aliphatic heterocycles. The molecule has 134 valence electrons. The van der Waals surface area contributed by atoms with Crippen molar-refractivity contribution in [3.8, 4) is 0 Å². The summed E-state index contributed by atoms with van der Waals surface area (Å²) in [6.07, 6.45) is 1.80. The van der Waals surface area contributed by atoms with E-state index in [-0.39, 0.29) is 5.78 Å². The van der Waals surface area contributed by atoms with Gasteiger partial charge >= 0.3 is 0 Å². The SMILES string of the molecule is CN(N[C@H](C(=O)c1c[nH]c2ccccc12)c1ccccc1)c1ccccc1. The van der Waals surface area contributed by atoms with Gasteiger partial charge in [0, 0.05) is 29.7 Å². The quantitative estimate of drug-likeness (QED) is 0.388. The van der Waals surface area contributed by atoms with E-state index in [0.29, 0.717) is 5.56 Å². The molecule has 0 saturated heterocycles. The highest BCUT2D eigenvalue weighted by molar-refractivity contribution is 6.10. The highest BCUT2D eigenvalue weighted by atomic mass is 16.1. The number of ketones is 1. The van der Waals surface area contributed by atoms with Crippen LogP contribution >= 0.6 is 0 Å². The maximum absolute atomic E-state index is 13.5. The van der Waals surface area contributed by atoms with Crippen molar-refractivity contribution in [2.75, 3.05) is 12.1 Å². The third-order valence-electron chi connectivity index (χ3n) is 4.72. The lowest BCUT2D eigenvalue weighted by Crippen LogP contribution is -2.41. The second-order valence-electron chi connectivity index (χ2n) is 6.48. The van der Waals surface area contributed by atoms with E-state index in [1.165, 1.54) is 0 Å². The van der Waals surface area contributed by atoms with E-state index in [2.05, 4.69) is 10.4 Å². The number of nitrogens with zero attached hydrogens (tertiary/aromatic N) is 1. The van der Waals surface area contributed by atoms with Crippen molar-refractivity contribution < 1.29 is 4.79 Å². The minimum absolute atomic E-state index is 0.0291. The fraction of sp³-hybridized carbons (Fsp3) is 0.0870. The van der Waals surface area contributed by atoms with Crippen LogP contribution in [0.3, 0.4) is 0 Å². The maximum atomic E-state index is 13.5. The molecule has 1 heterocycles. The fourth-order valence-electron chi connectivity index (χ4n) is 3.28. The Hall–Kier alpha value is -3.37. The largest absolute Gasteiger partial charge is 0.360 e. The number of nitrogens with one attached hydrogen (secondary N) is 2. The molecule has 0 unspecified atom stereocenters. The molecule has 0 radical (unpaired) electrons. The Morgan fingerprint density at radius 3 is 2.26 bits per heavy atom.